The summed E-state index contributed by atoms with van der Waals surface area (Å²) in [6.07, 6.45) is 0. The second-order valence-electron chi connectivity index (χ2n) is 4.96. The fourth-order valence-electron chi connectivity index (χ4n) is 2.25. The molecule has 0 aliphatic rings. The van der Waals surface area contributed by atoms with Gasteiger partial charge in [-0.1, -0.05) is 18.2 Å². The van der Waals surface area contributed by atoms with Crippen LogP contribution in [0.1, 0.15) is 10.5 Å². The number of fused-ring (bicyclic) bond motifs is 1. The highest BCUT2D eigenvalue weighted by Gasteiger charge is 2.10. The number of anilines is 1. The quantitative estimate of drug-likeness (QED) is 0.770. The topological polar surface area (TPSA) is 71.2 Å². The standard InChI is InChI=1S/C17H12F2N2O3/c18-17(19)24-12-7-5-11(6-8-12)20-16(23)14-9-10-3-1-2-4-13(10)15(22)21-14/h1-9,17H,(H,20,23)(H,21,22). The summed E-state index contributed by atoms with van der Waals surface area (Å²) < 4.78 is 28.4. The first-order chi connectivity index (χ1) is 11.5. The number of carbonyl (C=O) groups excluding carboxylic acids is 1. The Kier molecular flexibility index (Phi) is 4.24. The minimum atomic E-state index is -2.91. The second kappa shape index (κ2) is 6.49. The van der Waals surface area contributed by atoms with Crippen LogP contribution >= 0.6 is 0 Å². The number of benzene rings is 2. The SMILES string of the molecule is O=C(Nc1ccc(OC(F)F)cc1)c1cc2ccccc2c(=O)[nH]1. The summed E-state index contributed by atoms with van der Waals surface area (Å²) in [4.78, 5) is 26.7. The van der Waals surface area contributed by atoms with Crippen LogP contribution in [0.5, 0.6) is 5.75 Å². The van der Waals surface area contributed by atoms with E-state index in [1.54, 1.807) is 30.3 Å². The van der Waals surface area contributed by atoms with Crippen LogP contribution in [0.4, 0.5) is 14.5 Å². The van der Waals surface area contributed by atoms with Crippen LogP contribution in [-0.4, -0.2) is 17.5 Å². The zero-order valence-electron chi connectivity index (χ0n) is 12.3. The first-order valence-corrected chi connectivity index (χ1v) is 7.01. The fourth-order valence-corrected chi connectivity index (χ4v) is 2.25. The smallest absolute Gasteiger partial charge is 0.387 e. The van der Waals surface area contributed by atoms with Gasteiger partial charge in [0.25, 0.3) is 11.5 Å². The first-order valence-electron chi connectivity index (χ1n) is 7.01. The molecular formula is C17H12F2N2O3. The van der Waals surface area contributed by atoms with Crippen LogP contribution < -0.4 is 15.6 Å². The van der Waals surface area contributed by atoms with Crippen molar-refractivity contribution in [1.82, 2.24) is 4.98 Å². The molecule has 0 unspecified atom stereocenters. The molecule has 0 radical (unpaired) electrons. The van der Waals surface area contributed by atoms with Gasteiger partial charge in [0.15, 0.2) is 0 Å². The molecule has 1 amide bonds. The molecule has 122 valence electrons. The Balaban J connectivity index is 1.81. The maximum atomic E-state index is 12.2. The molecule has 0 aliphatic carbocycles. The van der Waals surface area contributed by atoms with E-state index in [1.807, 2.05) is 0 Å². The maximum Gasteiger partial charge on any atom is 0.387 e. The fraction of sp³-hybridized carbons (Fsp3) is 0.0588. The van der Waals surface area contributed by atoms with Crippen molar-refractivity contribution in [3.63, 3.8) is 0 Å². The van der Waals surface area contributed by atoms with Crippen LogP contribution in [0.15, 0.2) is 59.4 Å². The van der Waals surface area contributed by atoms with Crippen molar-refractivity contribution >= 4 is 22.4 Å². The highest BCUT2D eigenvalue weighted by molar-refractivity contribution is 6.04. The number of aromatic amines is 1. The minimum absolute atomic E-state index is 0.0119. The summed E-state index contributed by atoms with van der Waals surface area (Å²) in [6.45, 7) is -2.91. The lowest BCUT2D eigenvalue weighted by atomic mass is 10.1. The lowest BCUT2D eigenvalue weighted by Gasteiger charge is -2.08. The number of pyridine rings is 1. The number of H-pyrrole nitrogens is 1. The molecule has 5 nitrogen and oxygen atoms in total. The maximum absolute atomic E-state index is 12.2. The molecule has 2 aromatic carbocycles. The molecule has 2 N–H and O–H groups in total. The Morgan fingerprint density at radius 1 is 1.08 bits per heavy atom. The summed E-state index contributed by atoms with van der Waals surface area (Å²) in [5.41, 5.74) is 0.126. The number of nitrogens with one attached hydrogen (secondary N) is 2. The Morgan fingerprint density at radius 2 is 1.79 bits per heavy atom. The van der Waals surface area contributed by atoms with E-state index in [0.29, 0.717) is 16.5 Å². The predicted octanol–water partition coefficient (Wildman–Crippen LogP) is 3.38. The molecule has 0 bridgehead atoms. The van der Waals surface area contributed by atoms with Crippen molar-refractivity contribution in [2.24, 2.45) is 0 Å². The number of hydrogen-bond donors (Lipinski definition) is 2. The number of rotatable bonds is 4. The third-order valence-electron chi connectivity index (χ3n) is 3.34. The van der Waals surface area contributed by atoms with E-state index in [2.05, 4.69) is 15.0 Å². The zero-order valence-corrected chi connectivity index (χ0v) is 12.3. The Morgan fingerprint density at radius 3 is 2.50 bits per heavy atom. The number of aromatic nitrogens is 1. The van der Waals surface area contributed by atoms with Crippen molar-refractivity contribution in [3.05, 3.63) is 70.6 Å². The van der Waals surface area contributed by atoms with Crippen LogP contribution in [0.3, 0.4) is 0 Å². The van der Waals surface area contributed by atoms with Crippen LogP contribution in [0, 0.1) is 0 Å². The molecule has 0 saturated carbocycles. The van der Waals surface area contributed by atoms with Gasteiger partial charge in [0.2, 0.25) is 0 Å². The first kappa shape index (κ1) is 15.7. The number of alkyl halides is 2. The lowest BCUT2D eigenvalue weighted by molar-refractivity contribution is -0.0498. The third-order valence-corrected chi connectivity index (χ3v) is 3.34. The van der Waals surface area contributed by atoms with Crippen molar-refractivity contribution in [3.8, 4) is 5.75 Å². The van der Waals surface area contributed by atoms with Gasteiger partial charge < -0.3 is 15.0 Å². The Bertz CT molecular complexity index is 936. The average Bonchev–Trinajstić information content (AvgIpc) is 2.56. The number of ether oxygens (including phenoxy) is 1. The number of carbonyl (C=O) groups is 1. The lowest BCUT2D eigenvalue weighted by Crippen LogP contribution is -2.18. The zero-order chi connectivity index (χ0) is 17.1. The molecule has 0 fully saturated rings. The molecule has 0 aliphatic heterocycles. The van der Waals surface area contributed by atoms with Gasteiger partial charge >= 0.3 is 6.61 Å². The van der Waals surface area contributed by atoms with E-state index >= 15 is 0 Å². The molecule has 0 atom stereocenters. The van der Waals surface area contributed by atoms with Crippen molar-refractivity contribution in [2.75, 3.05) is 5.32 Å². The van der Waals surface area contributed by atoms with Gasteiger partial charge in [0.1, 0.15) is 11.4 Å². The molecule has 24 heavy (non-hydrogen) atoms. The highest BCUT2D eigenvalue weighted by Crippen LogP contribution is 2.18. The molecule has 1 heterocycles. The second-order valence-corrected chi connectivity index (χ2v) is 4.96. The largest absolute Gasteiger partial charge is 0.435 e. The average molecular weight is 330 g/mol. The normalized spacial score (nSPS) is 10.8. The van der Waals surface area contributed by atoms with Gasteiger partial charge in [-0.05, 0) is 41.8 Å². The van der Waals surface area contributed by atoms with Crippen LogP contribution in [-0.2, 0) is 0 Å². The third kappa shape index (κ3) is 3.40. The highest BCUT2D eigenvalue weighted by atomic mass is 19.3. The molecule has 3 rings (SSSR count). The van der Waals surface area contributed by atoms with E-state index in [4.69, 9.17) is 0 Å². The molecule has 7 heteroatoms. The van der Waals surface area contributed by atoms with Gasteiger partial charge in [-0.2, -0.15) is 8.78 Å². The van der Waals surface area contributed by atoms with Crippen LogP contribution in [0.25, 0.3) is 10.8 Å². The molecule has 3 aromatic rings. The van der Waals surface area contributed by atoms with Crippen LogP contribution in [0.2, 0.25) is 0 Å². The monoisotopic (exact) mass is 330 g/mol. The predicted molar refractivity (Wildman–Crippen MR) is 85.6 cm³/mol. The minimum Gasteiger partial charge on any atom is -0.435 e. The number of amides is 1. The Labute approximate surface area is 134 Å². The van der Waals surface area contributed by atoms with E-state index in [-0.39, 0.29) is 17.0 Å². The van der Waals surface area contributed by atoms with Crippen molar-refractivity contribution < 1.29 is 18.3 Å². The summed E-state index contributed by atoms with van der Waals surface area (Å²) in [5.74, 6) is -0.525. The van der Waals surface area contributed by atoms with E-state index in [0.717, 1.165) is 0 Å². The molecular weight excluding hydrogens is 318 g/mol. The summed E-state index contributed by atoms with van der Waals surface area (Å²) in [6, 6.07) is 13.9. The van der Waals surface area contributed by atoms with Gasteiger partial charge in [0, 0.05) is 11.1 Å². The summed E-state index contributed by atoms with van der Waals surface area (Å²) in [5, 5.41) is 3.71. The van der Waals surface area contributed by atoms with E-state index in [1.165, 1.54) is 24.3 Å². The Hall–Kier alpha value is -3.22. The van der Waals surface area contributed by atoms with Gasteiger partial charge in [-0.15, -0.1) is 0 Å². The van der Waals surface area contributed by atoms with Crippen molar-refractivity contribution in [2.45, 2.75) is 6.61 Å². The summed E-state index contributed by atoms with van der Waals surface area (Å²) in [7, 11) is 0. The van der Waals surface area contributed by atoms with E-state index < -0.39 is 12.5 Å². The summed E-state index contributed by atoms with van der Waals surface area (Å²) >= 11 is 0. The molecule has 0 spiro atoms. The van der Waals surface area contributed by atoms with E-state index in [9.17, 15) is 18.4 Å². The molecule has 1 aromatic heterocycles. The van der Waals surface area contributed by atoms with Gasteiger partial charge in [0.05, 0.1) is 0 Å². The van der Waals surface area contributed by atoms with Gasteiger partial charge in [-0.3, -0.25) is 9.59 Å². The van der Waals surface area contributed by atoms with Crippen molar-refractivity contribution in [1.29, 1.82) is 0 Å². The number of halogens is 2. The van der Waals surface area contributed by atoms with Gasteiger partial charge in [-0.25, -0.2) is 0 Å². The molecule has 0 saturated heterocycles. The number of hydrogen-bond acceptors (Lipinski definition) is 3.